The minimum Gasteiger partial charge on any atom is -0.507 e. The molecule has 0 fully saturated rings. The van der Waals surface area contributed by atoms with Crippen molar-refractivity contribution in [3.8, 4) is 50.8 Å². The van der Waals surface area contributed by atoms with Gasteiger partial charge in [0.15, 0.2) is 5.75 Å². The molecule has 2 aliphatic heterocycles. The molecule has 380 valence electrons. The Kier molecular flexibility index (Phi) is 10.3. The smallest absolute Gasteiger partial charge is 0.150 e. The quantitative estimate of drug-likeness (QED) is 0.168. The van der Waals surface area contributed by atoms with Crippen molar-refractivity contribution in [2.24, 2.45) is 0 Å². The average Bonchev–Trinajstić information content (AvgIpc) is 4.30. The second-order valence-corrected chi connectivity index (χ2v) is 24.3. The highest BCUT2D eigenvalue weighted by Crippen LogP contribution is 2.56. The van der Waals surface area contributed by atoms with Crippen LogP contribution in [-0.2, 0) is 10.8 Å². The summed E-state index contributed by atoms with van der Waals surface area (Å²) in [5.74, 6) is 3.26. The Morgan fingerprint density at radius 3 is 1.95 bits per heavy atom. The second kappa shape index (κ2) is 16.8. The van der Waals surface area contributed by atoms with E-state index in [1.807, 2.05) is 0 Å². The van der Waals surface area contributed by atoms with Crippen molar-refractivity contribution in [1.29, 1.82) is 0 Å². The molecular formula is C70H63N5O2. The van der Waals surface area contributed by atoms with Gasteiger partial charge in [0, 0.05) is 39.1 Å². The lowest BCUT2D eigenvalue weighted by Crippen LogP contribution is -2.38. The first kappa shape index (κ1) is 47.1. The fourth-order valence-corrected chi connectivity index (χ4v) is 12.9. The third-order valence-corrected chi connectivity index (χ3v) is 16.7. The molecular weight excluding hydrogens is 943 g/mol. The topological polar surface area (TPSA) is 67.8 Å². The van der Waals surface area contributed by atoms with Gasteiger partial charge in [-0.25, -0.2) is 9.97 Å². The van der Waals surface area contributed by atoms with Gasteiger partial charge in [0.1, 0.15) is 29.0 Å². The van der Waals surface area contributed by atoms with E-state index in [2.05, 4.69) is 253 Å². The standard InChI is InChI=1S/C70H63N5O2/c1-39(2)48-33-42(41-21-12-11-13-22-41)34-49(40(3)4)64(48)75-58-30-19-25-46(63(58)72-68(75)53-35-43(69(5,6)7)36-54(66(53)76)70(8,9)10)45-24-18-29-57-62(45)71-67-52-37-51-47-26-20-32-61-65(47)73(56-28-16-17-31-60(56)77-61)59(51)38-50(52)44-23-14-15-27-55(44)74(57)67/h11-40,47,65,76H,1-10H3. The lowest BCUT2D eigenvalue weighted by atomic mass is 9.78. The third kappa shape index (κ3) is 7.01. The number of imidazole rings is 2. The van der Waals surface area contributed by atoms with Gasteiger partial charge in [0.05, 0.1) is 44.5 Å². The molecule has 2 atom stereocenters. The number of rotatable bonds is 6. The predicted octanol–water partition coefficient (Wildman–Crippen LogP) is 18.1. The summed E-state index contributed by atoms with van der Waals surface area (Å²) in [6, 6.07) is 55.1. The van der Waals surface area contributed by atoms with E-state index < -0.39 is 0 Å². The molecule has 0 bridgehead atoms. The number of aromatic nitrogens is 4. The Bertz CT molecular complexity index is 4330. The summed E-state index contributed by atoms with van der Waals surface area (Å²) in [5, 5.41) is 16.3. The largest absolute Gasteiger partial charge is 0.507 e. The molecule has 77 heavy (non-hydrogen) atoms. The van der Waals surface area contributed by atoms with Crippen LogP contribution in [0.15, 0.2) is 176 Å². The van der Waals surface area contributed by atoms with E-state index in [1.54, 1.807) is 0 Å². The monoisotopic (exact) mass is 1010 g/mol. The van der Waals surface area contributed by atoms with Gasteiger partial charge in [0.25, 0.3) is 0 Å². The van der Waals surface area contributed by atoms with Gasteiger partial charge in [-0.05, 0) is 128 Å². The number of hydrogen-bond acceptors (Lipinski definition) is 5. The van der Waals surface area contributed by atoms with Gasteiger partial charge >= 0.3 is 0 Å². The van der Waals surface area contributed by atoms with Crippen molar-refractivity contribution in [2.45, 2.75) is 104 Å². The molecule has 0 saturated heterocycles. The molecule has 0 amide bonds. The number of hydrogen-bond donors (Lipinski definition) is 1. The average molecular weight is 1010 g/mol. The molecule has 2 unspecified atom stereocenters. The first-order chi connectivity index (χ1) is 37.0. The van der Waals surface area contributed by atoms with Gasteiger partial charge in [-0.3, -0.25) is 8.97 Å². The maximum absolute atomic E-state index is 12.8. The number of allylic oxidation sites excluding steroid dienone is 2. The van der Waals surface area contributed by atoms with Crippen LogP contribution in [0.1, 0.15) is 115 Å². The Morgan fingerprint density at radius 2 is 1.23 bits per heavy atom. The highest BCUT2D eigenvalue weighted by molar-refractivity contribution is 6.17. The van der Waals surface area contributed by atoms with E-state index in [-0.39, 0.29) is 40.4 Å². The van der Waals surface area contributed by atoms with Crippen LogP contribution in [0.2, 0.25) is 0 Å². The molecule has 0 spiro atoms. The zero-order chi connectivity index (χ0) is 53.0. The van der Waals surface area contributed by atoms with Crippen LogP contribution in [-0.4, -0.2) is 30.1 Å². The van der Waals surface area contributed by atoms with Crippen molar-refractivity contribution in [1.82, 2.24) is 18.9 Å². The zero-order valence-electron chi connectivity index (χ0n) is 45.6. The second-order valence-electron chi connectivity index (χ2n) is 24.3. The van der Waals surface area contributed by atoms with Crippen molar-refractivity contribution in [3.05, 3.63) is 203 Å². The number of pyridine rings is 1. The number of ether oxygens (including phenoxy) is 1. The van der Waals surface area contributed by atoms with E-state index in [0.29, 0.717) is 5.82 Å². The Balaban J connectivity index is 1.06. The van der Waals surface area contributed by atoms with Crippen LogP contribution in [0.5, 0.6) is 11.5 Å². The fourth-order valence-electron chi connectivity index (χ4n) is 12.9. The molecule has 1 aliphatic carbocycles. The van der Waals surface area contributed by atoms with E-state index in [4.69, 9.17) is 14.7 Å². The number of benzene rings is 8. The van der Waals surface area contributed by atoms with Gasteiger partial charge in [-0.1, -0.05) is 172 Å². The molecule has 8 aromatic carbocycles. The number of aromatic hydroxyl groups is 1. The minimum atomic E-state index is -0.346. The maximum Gasteiger partial charge on any atom is 0.150 e. The molecule has 11 aromatic rings. The van der Waals surface area contributed by atoms with Crippen LogP contribution >= 0.6 is 0 Å². The molecule has 0 radical (unpaired) electrons. The summed E-state index contributed by atoms with van der Waals surface area (Å²) in [4.78, 5) is 14.1. The first-order valence-corrected chi connectivity index (χ1v) is 27.4. The number of nitrogens with zero attached hydrogens (tertiary/aromatic N) is 5. The zero-order valence-corrected chi connectivity index (χ0v) is 45.6. The summed E-state index contributed by atoms with van der Waals surface area (Å²) in [5.41, 5.74) is 19.5. The van der Waals surface area contributed by atoms with Gasteiger partial charge in [0.2, 0.25) is 0 Å². The number of phenolic OH excluding ortho intramolecular Hbond substituents is 1. The van der Waals surface area contributed by atoms with Crippen LogP contribution < -0.4 is 9.64 Å². The summed E-state index contributed by atoms with van der Waals surface area (Å²) in [7, 11) is 0. The molecule has 14 rings (SSSR count). The summed E-state index contributed by atoms with van der Waals surface area (Å²) >= 11 is 0. The van der Waals surface area contributed by atoms with Crippen molar-refractivity contribution in [2.75, 3.05) is 4.90 Å². The molecule has 0 saturated carbocycles. The normalized spacial score (nSPS) is 16.1. The first-order valence-electron chi connectivity index (χ1n) is 27.4. The molecule has 3 aromatic heterocycles. The highest BCUT2D eigenvalue weighted by atomic mass is 16.5. The minimum absolute atomic E-state index is 0.0348. The van der Waals surface area contributed by atoms with Crippen molar-refractivity contribution in [3.63, 3.8) is 0 Å². The van der Waals surface area contributed by atoms with Crippen LogP contribution in [0.3, 0.4) is 0 Å². The summed E-state index contributed by atoms with van der Waals surface area (Å²) in [6.07, 6.45) is 6.61. The van der Waals surface area contributed by atoms with E-state index in [9.17, 15) is 5.11 Å². The number of anilines is 2. The van der Waals surface area contributed by atoms with Gasteiger partial charge < -0.3 is 14.7 Å². The van der Waals surface area contributed by atoms with Gasteiger partial charge in [-0.2, -0.15) is 0 Å². The highest BCUT2D eigenvalue weighted by Gasteiger charge is 2.46. The van der Waals surface area contributed by atoms with Crippen molar-refractivity contribution >= 4 is 60.8 Å². The molecule has 7 nitrogen and oxygen atoms in total. The number of fused-ring (bicyclic) bond motifs is 14. The van der Waals surface area contributed by atoms with E-state index >= 15 is 0 Å². The SMILES string of the molecule is CC(C)c1cc(-c2ccccc2)cc(C(C)C)c1-n1c(-c2cc(C(C)(C)C)cc(C(C)(C)C)c2O)nc2c(-c3cccc4c3nc3c5cc6c(cc5c5ccccc5n43)N3c4ccccc4OC4=CC=CC6C43)cccc21. The van der Waals surface area contributed by atoms with Gasteiger partial charge in [-0.15, -0.1) is 0 Å². The lowest BCUT2D eigenvalue weighted by molar-refractivity contribution is 0.356. The molecule has 7 heteroatoms. The summed E-state index contributed by atoms with van der Waals surface area (Å²) < 4.78 is 11.4. The Labute approximate surface area is 450 Å². The summed E-state index contributed by atoms with van der Waals surface area (Å²) in [6.45, 7) is 22.5. The molecule has 1 N–H and O–H groups in total. The Morgan fingerprint density at radius 1 is 0.571 bits per heavy atom. The van der Waals surface area contributed by atoms with Crippen LogP contribution in [0.4, 0.5) is 11.4 Å². The third-order valence-electron chi connectivity index (χ3n) is 16.7. The number of phenols is 1. The maximum atomic E-state index is 12.8. The Hall–Kier alpha value is -8.42. The van der Waals surface area contributed by atoms with Crippen molar-refractivity contribution < 1.29 is 9.84 Å². The van der Waals surface area contributed by atoms with Crippen LogP contribution in [0.25, 0.3) is 88.7 Å². The number of para-hydroxylation sites is 5. The molecule has 3 aliphatic rings. The predicted molar refractivity (Wildman–Crippen MR) is 319 cm³/mol. The fraction of sp³-hybridized carbons (Fsp3) is 0.229. The van der Waals surface area contributed by atoms with Crippen LogP contribution in [0, 0.1) is 0 Å². The van der Waals surface area contributed by atoms with E-state index in [0.717, 1.165) is 89.3 Å². The van der Waals surface area contributed by atoms with E-state index in [1.165, 1.54) is 44.3 Å². The lowest BCUT2D eigenvalue weighted by Gasteiger charge is -2.38. The molecule has 5 heterocycles.